The predicted molar refractivity (Wildman–Crippen MR) is 63.1 cm³/mol. The Labute approximate surface area is 103 Å². The molecule has 0 amide bonds. The van der Waals surface area contributed by atoms with Crippen LogP contribution in [0.25, 0.3) is 5.69 Å². The second-order valence-electron chi connectivity index (χ2n) is 3.42. The van der Waals surface area contributed by atoms with Gasteiger partial charge in [-0.2, -0.15) is 0 Å². The van der Waals surface area contributed by atoms with Gasteiger partial charge in [-0.15, -0.1) is 0 Å². The zero-order valence-corrected chi connectivity index (χ0v) is 10.1. The number of aromatic nitrogens is 2. The summed E-state index contributed by atoms with van der Waals surface area (Å²) in [5, 5.41) is 0.273. The molecule has 0 N–H and O–H groups in total. The molecule has 1 heterocycles. The van der Waals surface area contributed by atoms with Crippen LogP contribution >= 0.6 is 23.2 Å². The Morgan fingerprint density at radius 3 is 2.44 bits per heavy atom. The highest BCUT2D eigenvalue weighted by atomic mass is 35.5. The van der Waals surface area contributed by atoms with Crippen molar-refractivity contribution in [2.45, 2.75) is 13.6 Å². The number of hydrogen-bond acceptors (Lipinski definition) is 1. The summed E-state index contributed by atoms with van der Waals surface area (Å²) in [4.78, 5) is 3.83. The Hall–Kier alpha value is -1.06. The van der Waals surface area contributed by atoms with Crippen molar-refractivity contribution in [3.63, 3.8) is 0 Å². The predicted octanol–water partition coefficient (Wildman–Crippen LogP) is 3.96. The molecular weight excluding hydrogens is 250 g/mol. The van der Waals surface area contributed by atoms with Crippen molar-refractivity contribution in [1.29, 1.82) is 0 Å². The lowest BCUT2D eigenvalue weighted by atomic mass is 10.2. The summed E-state index contributed by atoms with van der Waals surface area (Å²) in [6.07, 6.45) is 0. The van der Waals surface area contributed by atoms with E-state index in [1.807, 2.05) is 31.2 Å². The van der Waals surface area contributed by atoms with Crippen LogP contribution in [0.2, 0.25) is 10.4 Å². The second kappa shape index (κ2) is 4.44. The van der Waals surface area contributed by atoms with E-state index < -0.39 is 6.67 Å². The van der Waals surface area contributed by atoms with Gasteiger partial charge in [-0.25, -0.2) is 9.37 Å². The zero-order valence-electron chi connectivity index (χ0n) is 8.54. The summed E-state index contributed by atoms with van der Waals surface area (Å²) < 4.78 is 14.3. The van der Waals surface area contributed by atoms with Crippen molar-refractivity contribution in [3.8, 4) is 5.69 Å². The second-order valence-corrected chi connectivity index (χ2v) is 4.12. The molecule has 0 aliphatic carbocycles. The minimum absolute atomic E-state index is 0.105. The maximum atomic E-state index is 12.8. The molecule has 0 bridgehead atoms. The molecule has 0 radical (unpaired) electrons. The van der Waals surface area contributed by atoms with E-state index in [1.165, 1.54) is 4.57 Å². The average Bonchev–Trinajstić information content (AvgIpc) is 2.54. The van der Waals surface area contributed by atoms with Gasteiger partial charge in [0.1, 0.15) is 6.67 Å². The first-order valence-electron chi connectivity index (χ1n) is 4.69. The number of hydrogen-bond donors (Lipinski definition) is 0. The smallest absolute Gasteiger partial charge is 0.209 e. The molecule has 1 aromatic heterocycles. The monoisotopic (exact) mass is 258 g/mol. The fraction of sp³-hybridized carbons (Fsp3) is 0.182. The molecule has 0 atom stereocenters. The van der Waals surface area contributed by atoms with Gasteiger partial charge in [0.15, 0.2) is 5.15 Å². The summed E-state index contributed by atoms with van der Waals surface area (Å²) in [5.74, 6) is 0. The standard InChI is InChI=1S/C11H9Cl2FN2/c1-7-2-4-8(5-3-7)16-9(6-14)10(12)15-11(16)13/h2-5H,6H2,1H3. The molecule has 0 spiro atoms. The van der Waals surface area contributed by atoms with Crippen LogP contribution in [0.1, 0.15) is 11.3 Å². The molecule has 16 heavy (non-hydrogen) atoms. The molecule has 0 aliphatic rings. The van der Waals surface area contributed by atoms with Crippen molar-refractivity contribution in [2.75, 3.05) is 0 Å². The van der Waals surface area contributed by atoms with E-state index in [9.17, 15) is 4.39 Å². The molecule has 2 nitrogen and oxygen atoms in total. The topological polar surface area (TPSA) is 17.8 Å². The van der Waals surface area contributed by atoms with Gasteiger partial charge >= 0.3 is 0 Å². The highest BCUT2D eigenvalue weighted by Crippen LogP contribution is 2.26. The van der Waals surface area contributed by atoms with Crippen LogP contribution in [0.3, 0.4) is 0 Å². The van der Waals surface area contributed by atoms with E-state index >= 15 is 0 Å². The molecule has 0 saturated carbocycles. The minimum atomic E-state index is -0.702. The third-order valence-electron chi connectivity index (χ3n) is 2.30. The third kappa shape index (κ3) is 1.93. The van der Waals surface area contributed by atoms with Gasteiger partial charge in [-0.05, 0) is 30.7 Å². The van der Waals surface area contributed by atoms with Gasteiger partial charge in [0, 0.05) is 5.69 Å². The molecule has 2 rings (SSSR count). The Kier molecular flexibility index (Phi) is 3.17. The van der Waals surface area contributed by atoms with Crippen LogP contribution < -0.4 is 0 Å². The summed E-state index contributed by atoms with van der Waals surface area (Å²) in [5.41, 5.74) is 2.14. The molecule has 5 heteroatoms. The van der Waals surface area contributed by atoms with Gasteiger partial charge in [0.05, 0.1) is 5.69 Å². The van der Waals surface area contributed by atoms with Gasteiger partial charge in [-0.3, -0.25) is 4.57 Å². The van der Waals surface area contributed by atoms with Crippen LogP contribution in [-0.4, -0.2) is 9.55 Å². The lowest BCUT2D eigenvalue weighted by molar-refractivity contribution is 0.471. The van der Waals surface area contributed by atoms with Crippen LogP contribution in [0.4, 0.5) is 4.39 Å². The summed E-state index contributed by atoms with van der Waals surface area (Å²) in [7, 11) is 0. The number of imidazole rings is 1. The maximum Gasteiger partial charge on any atom is 0.209 e. The lowest BCUT2D eigenvalue weighted by Gasteiger charge is -2.07. The van der Waals surface area contributed by atoms with Crippen LogP contribution in [-0.2, 0) is 6.67 Å². The number of alkyl halides is 1. The van der Waals surface area contributed by atoms with Crippen molar-refractivity contribution < 1.29 is 4.39 Å². The Morgan fingerprint density at radius 1 is 1.25 bits per heavy atom. The number of aryl methyl sites for hydroxylation is 1. The van der Waals surface area contributed by atoms with E-state index in [1.54, 1.807) is 0 Å². The van der Waals surface area contributed by atoms with Crippen molar-refractivity contribution in [2.24, 2.45) is 0 Å². The molecular formula is C11H9Cl2FN2. The lowest BCUT2D eigenvalue weighted by Crippen LogP contribution is -1.99. The molecule has 0 saturated heterocycles. The maximum absolute atomic E-state index is 12.8. The third-order valence-corrected chi connectivity index (χ3v) is 2.86. The van der Waals surface area contributed by atoms with E-state index in [2.05, 4.69) is 4.98 Å². The largest absolute Gasteiger partial charge is 0.283 e. The SMILES string of the molecule is Cc1ccc(-n2c(Cl)nc(Cl)c2CF)cc1. The van der Waals surface area contributed by atoms with Gasteiger partial charge in [-0.1, -0.05) is 29.3 Å². The molecule has 0 unspecified atom stereocenters. The molecule has 1 aromatic carbocycles. The van der Waals surface area contributed by atoms with E-state index in [-0.39, 0.29) is 16.1 Å². The fourth-order valence-electron chi connectivity index (χ4n) is 1.47. The average molecular weight is 259 g/mol. The van der Waals surface area contributed by atoms with Crippen LogP contribution in [0.5, 0.6) is 0 Å². The van der Waals surface area contributed by atoms with Gasteiger partial charge in [0.2, 0.25) is 5.28 Å². The fourth-order valence-corrected chi connectivity index (χ4v) is 2.01. The Balaban J connectivity index is 2.59. The number of benzene rings is 1. The van der Waals surface area contributed by atoms with E-state index in [0.717, 1.165) is 11.3 Å². The first kappa shape index (κ1) is 11.4. The van der Waals surface area contributed by atoms with Crippen molar-refractivity contribution >= 4 is 23.2 Å². The first-order valence-corrected chi connectivity index (χ1v) is 5.44. The number of halogens is 3. The summed E-state index contributed by atoms with van der Waals surface area (Å²) >= 11 is 11.7. The van der Waals surface area contributed by atoms with Gasteiger partial charge < -0.3 is 0 Å². The quantitative estimate of drug-likeness (QED) is 0.798. The minimum Gasteiger partial charge on any atom is -0.283 e. The zero-order chi connectivity index (χ0) is 11.7. The van der Waals surface area contributed by atoms with E-state index in [4.69, 9.17) is 23.2 Å². The van der Waals surface area contributed by atoms with Gasteiger partial charge in [0.25, 0.3) is 0 Å². The molecule has 2 aromatic rings. The first-order chi connectivity index (χ1) is 7.63. The highest BCUT2D eigenvalue weighted by Gasteiger charge is 2.15. The van der Waals surface area contributed by atoms with Crippen molar-refractivity contribution in [1.82, 2.24) is 9.55 Å². The number of nitrogens with zero attached hydrogens (tertiary/aromatic N) is 2. The van der Waals surface area contributed by atoms with E-state index in [0.29, 0.717) is 0 Å². The van der Waals surface area contributed by atoms with Crippen molar-refractivity contribution in [3.05, 3.63) is 46.0 Å². The number of rotatable bonds is 2. The Bertz CT molecular complexity index is 505. The highest BCUT2D eigenvalue weighted by molar-refractivity contribution is 6.33. The molecule has 0 fully saturated rings. The molecule has 84 valence electrons. The van der Waals surface area contributed by atoms with Crippen LogP contribution in [0, 0.1) is 6.92 Å². The normalized spacial score (nSPS) is 10.8. The summed E-state index contributed by atoms with van der Waals surface area (Å²) in [6.45, 7) is 1.27. The summed E-state index contributed by atoms with van der Waals surface area (Å²) in [6, 6.07) is 7.53. The molecule has 0 aliphatic heterocycles. The Morgan fingerprint density at radius 2 is 1.88 bits per heavy atom. The van der Waals surface area contributed by atoms with Crippen LogP contribution in [0.15, 0.2) is 24.3 Å².